The van der Waals surface area contributed by atoms with Gasteiger partial charge in [0.25, 0.3) is 5.56 Å². The molecular weight excluding hydrogens is 452 g/mol. The summed E-state index contributed by atoms with van der Waals surface area (Å²) < 4.78 is 14.9. The van der Waals surface area contributed by atoms with Crippen molar-refractivity contribution in [3.63, 3.8) is 0 Å². The van der Waals surface area contributed by atoms with E-state index in [2.05, 4.69) is 27.8 Å². The Bertz CT molecular complexity index is 1300. The van der Waals surface area contributed by atoms with Gasteiger partial charge in [0.15, 0.2) is 16.5 Å². The minimum Gasteiger partial charge on any atom is -0.490 e. The lowest BCUT2D eigenvalue weighted by molar-refractivity contribution is 0.203. The molecule has 2 aromatic heterocycles. The van der Waals surface area contributed by atoms with Gasteiger partial charge < -0.3 is 9.47 Å². The van der Waals surface area contributed by atoms with E-state index in [0.717, 1.165) is 27.5 Å². The largest absolute Gasteiger partial charge is 0.490 e. The molecule has 0 aliphatic rings. The smallest absolute Gasteiger partial charge is 0.274 e. The van der Waals surface area contributed by atoms with Crippen LogP contribution in [-0.2, 0) is 0 Å². The number of imidazole rings is 1. The third kappa shape index (κ3) is 3.76. The number of fused-ring (bicyclic) bond motifs is 3. The zero-order chi connectivity index (χ0) is 20.5. The van der Waals surface area contributed by atoms with E-state index in [-0.39, 0.29) is 11.7 Å². The van der Waals surface area contributed by atoms with Crippen molar-refractivity contribution in [1.29, 1.82) is 0 Å². The van der Waals surface area contributed by atoms with E-state index in [0.29, 0.717) is 27.6 Å². The molecule has 0 amide bonds. The lowest BCUT2D eigenvalue weighted by atomic mass is 10.2. The first-order valence-electron chi connectivity index (χ1n) is 9.56. The highest BCUT2D eigenvalue weighted by Gasteiger charge is 2.14. The summed E-state index contributed by atoms with van der Waals surface area (Å²) in [6, 6.07) is 11.5. The maximum absolute atomic E-state index is 13.0. The summed E-state index contributed by atoms with van der Waals surface area (Å²) in [5, 5.41) is 0. The Hall–Kier alpha value is -2.38. The summed E-state index contributed by atoms with van der Waals surface area (Å²) in [6.45, 7) is 6.57. The molecule has 150 valence electrons. The van der Waals surface area contributed by atoms with Crippen LogP contribution in [0.4, 0.5) is 0 Å². The second-order valence-corrected chi connectivity index (χ2v) is 8.59. The van der Waals surface area contributed by atoms with Gasteiger partial charge in [-0.3, -0.25) is 4.79 Å². The summed E-state index contributed by atoms with van der Waals surface area (Å²) in [7, 11) is 0. The summed E-state index contributed by atoms with van der Waals surface area (Å²) in [6.07, 6.45) is 2.86. The molecule has 0 N–H and O–H groups in total. The molecule has 0 unspecified atom stereocenters. The van der Waals surface area contributed by atoms with E-state index in [1.165, 1.54) is 11.3 Å². The van der Waals surface area contributed by atoms with E-state index in [4.69, 9.17) is 9.47 Å². The Morgan fingerprint density at radius 2 is 2.03 bits per heavy atom. The molecule has 0 radical (unpaired) electrons. The number of rotatable bonds is 6. The van der Waals surface area contributed by atoms with Crippen molar-refractivity contribution >= 4 is 49.3 Å². The summed E-state index contributed by atoms with van der Waals surface area (Å²) in [5.41, 5.74) is 2.45. The molecule has 29 heavy (non-hydrogen) atoms. The zero-order valence-electron chi connectivity index (χ0n) is 16.4. The van der Waals surface area contributed by atoms with Crippen molar-refractivity contribution in [3.8, 4) is 11.5 Å². The van der Waals surface area contributed by atoms with Gasteiger partial charge in [0, 0.05) is 4.47 Å². The van der Waals surface area contributed by atoms with Gasteiger partial charge in [-0.15, -0.1) is 0 Å². The Morgan fingerprint density at radius 1 is 1.24 bits per heavy atom. The van der Waals surface area contributed by atoms with Gasteiger partial charge in [0.2, 0.25) is 0 Å². The van der Waals surface area contributed by atoms with Crippen LogP contribution >= 0.6 is 27.3 Å². The fraction of sp³-hybridized carbons (Fsp3) is 0.273. The van der Waals surface area contributed by atoms with E-state index >= 15 is 0 Å². The van der Waals surface area contributed by atoms with Gasteiger partial charge >= 0.3 is 0 Å². The molecule has 2 heterocycles. The number of nitrogens with zero attached hydrogens (tertiary/aromatic N) is 2. The van der Waals surface area contributed by atoms with Crippen molar-refractivity contribution in [2.75, 3.05) is 6.61 Å². The van der Waals surface area contributed by atoms with Gasteiger partial charge in [-0.25, -0.2) is 9.38 Å². The molecule has 2 aromatic carbocycles. The Labute approximate surface area is 180 Å². The van der Waals surface area contributed by atoms with Crippen LogP contribution in [0.1, 0.15) is 32.8 Å². The number of hydrogen-bond acceptors (Lipinski definition) is 5. The summed E-state index contributed by atoms with van der Waals surface area (Å²) >= 11 is 5.00. The van der Waals surface area contributed by atoms with Crippen molar-refractivity contribution < 1.29 is 9.47 Å². The number of aromatic nitrogens is 2. The fourth-order valence-corrected chi connectivity index (χ4v) is 4.49. The number of ether oxygens (including phenoxy) is 2. The molecule has 0 aliphatic carbocycles. The van der Waals surface area contributed by atoms with Crippen LogP contribution < -0.4 is 19.6 Å². The first-order chi connectivity index (χ1) is 14.0. The second-order valence-electron chi connectivity index (χ2n) is 6.72. The minimum absolute atomic E-state index is 0.0662. The van der Waals surface area contributed by atoms with E-state index < -0.39 is 0 Å². The van der Waals surface area contributed by atoms with Crippen molar-refractivity contribution in [2.24, 2.45) is 0 Å². The zero-order valence-corrected chi connectivity index (χ0v) is 18.8. The molecule has 5 nitrogen and oxygen atoms in total. The Balaban J connectivity index is 1.84. The molecule has 0 saturated carbocycles. The fourth-order valence-electron chi connectivity index (χ4n) is 3.08. The van der Waals surface area contributed by atoms with Crippen LogP contribution in [0.2, 0.25) is 0 Å². The van der Waals surface area contributed by atoms with Crippen LogP contribution in [0.5, 0.6) is 11.5 Å². The van der Waals surface area contributed by atoms with Crippen molar-refractivity contribution in [3.05, 3.63) is 61.3 Å². The van der Waals surface area contributed by atoms with Crippen molar-refractivity contribution in [1.82, 2.24) is 9.38 Å². The van der Waals surface area contributed by atoms with Crippen LogP contribution in [-0.4, -0.2) is 22.1 Å². The van der Waals surface area contributed by atoms with Crippen molar-refractivity contribution in [2.45, 2.75) is 33.3 Å². The molecule has 4 rings (SSSR count). The molecule has 1 atom stereocenters. The molecule has 0 fully saturated rings. The topological polar surface area (TPSA) is 52.8 Å². The lowest BCUT2D eigenvalue weighted by Gasteiger charge is -2.17. The first kappa shape index (κ1) is 19.9. The predicted molar refractivity (Wildman–Crippen MR) is 121 cm³/mol. The lowest BCUT2D eigenvalue weighted by Crippen LogP contribution is -2.22. The van der Waals surface area contributed by atoms with Crippen LogP contribution in [0.25, 0.3) is 22.1 Å². The molecule has 7 heteroatoms. The first-order valence-corrected chi connectivity index (χ1v) is 11.2. The van der Waals surface area contributed by atoms with Gasteiger partial charge in [-0.05, 0) is 56.2 Å². The van der Waals surface area contributed by atoms with Crippen LogP contribution in [0.3, 0.4) is 0 Å². The molecular formula is C22H21BrN2O3S. The molecule has 0 bridgehead atoms. The molecule has 0 spiro atoms. The Kier molecular flexibility index (Phi) is 5.61. The number of para-hydroxylation sites is 2. The third-order valence-corrected chi connectivity index (χ3v) is 6.35. The van der Waals surface area contributed by atoms with Gasteiger partial charge in [0.05, 0.1) is 28.3 Å². The highest BCUT2D eigenvalue weighted by molar-refractivity contribution is 9.10. The van der Waals surface area contributed by atoms with E-state index in [1.54, 1.807) is 4.40 Å². The van der Waals surface area contributed by atoms with E-state index in [1.807, 2.05) is 56.3 Å². The standard InChI is InChI=1S/C22H21BrN2O3S/c1-4-13(3)28-19-12-15(23)14(10-18(19)27-5-2)11-20-21(26)25-17-9-7-6-8-16(17)24-22(25)29-20/h6-13H,4-5H2,1-3H3/b20-11-/t13-/m0/s1. The minimum atomic E-state index is -0.0662. The monoisotopic (exact) mass is 472 g/mol. The summed E-state index contributed by atoms with van der Waals surface area (Å²) in [4.78, 5) is 18.3. The molecule has 4 aromatic rings. The van der Waals surface area contributed by atoms with Gasteiger partial charge in [-0.2, -0.15) is 0 Å². The average Bonchev–Trinajstić information content (AvgIpc) is 3.21. The number of benzene rings is 2. The van der Waals surface area contributed by atoms with Gasteiger partial charge in [0.1, 0.15) is 0 Å². The highest BCUT2D eigenvalue weighted by Crippen LogP contribution is 2.35. The molecule has 0 aliphatic heterocycles. The summed E-state index contributed by atoms with van der Waals surface area (Å²) in [5.74, 6) is 1.36. The number of hydrogen-bond donors (Lipinski definition) is 0. The maximum Gasteiger partial charge on any atom is 0.274 e. The third-order valence-electron chi connectivity index (χ3n) is 4.70. The molecule has 0 saturated heterocycles. The maximum atomic E-state index is 13.0. The quantitative estimate of drug-likeness (QED) is 0.404. The van der Waals surface area contributed by atoms with Crippen LogP contribution in [0.15, 0.2) is 45.7 Å². The van der Waals surface area contributed by atoms with Crippen LogP contribution in [0, 0.1) is 0 Å². The average molecular weight is 473 g/mol. The Morgan fingerprint density at radius 3 is 2.79 bits per heavy atom. The highest BCUT2D eigenvalue weighted by atomic mass is 79.9. The van der Waals surface area contributed by atoms with E-state index in [9.17, 15) is 4.79 Å². The predicted octanol–water partition coefficient (Wildman–Crippen LogP) is 4.80. The normalized spacial score (nSPS) is 13.3. The second kappa shape index (κ2) is 8.16. The van der Waals surface area contributed by atoms with Gasteiger partial charge in [-0.1, -0.05) is 46.3 Å². The SMILES string of the molecule is CCOc1cc(/C=c2\sc3nc4ccccc4n3c2=O)c(Br)cc1O[C@@H](C)CC. The number of thiazole rings is 1. The number of halogens is 1.